The summed E-state index contributed by atoms with van der Waals surface area (Å²) >= 11 is 0. The number of carboxylic acids is 1. The number of hydrogen-bond donors (Lipinski definition) is 1. The van der Waals surface area contributed by atoms with Crippen molar-refractivity contribution in [3.63, 3.8) is 0 Å². The summed E-state index contributed by atoms with van der Waals surface area (Å²) in [6.07, 6.45) is 1.35. The van der Waals surface area contributed by atoms with Gasteiger partial charge in [0.1, 0.15) is 0 Å². The van der Waals surface area contributed by atoms with E-state index in [1.807, 2.05) is 0 Å². The van der Waals surface area contributed by atoms with E-state index in [2.05, 4.69) is 4.98 Å². The fraction of sp³-hybridized carbons (Fsp3) is 0.250. The van der Waals surface area contributed by atoms with Gasteiger partial charge in [0, 0.05) is 6.20 Å². The molecule has 1 aromatic heterocycles. The van der Waals surface area contributed by atoms with E-state index in [4.69, 9.17) is 5.11 Å². The molecule has 0 fully saturated rings. The molecule has 0 aliphatic heterocycles. The number of pyridine rings is 1. The largest absolute Gasteiger partial charge is 0.476 e. The summed E-state index contributed by atoms with van der Waals surface area (Å²) in [5, 5.41) is 8.48. The van der Waals surface area contributed by atoms with Crippen LogP contribution in [0.3, 0.4) is 0 Å². The zero-order valence-corrected chi connectivity index (χ0v) is 6.76. The maximum Gasteiger partial charge on any atom is 0.357 e. The summed E-state index contributed by atoms with van der Waals surface area (Å²) in [6, 6.07) is 0. The first-order valence-electron chi connectivity index (χ1n) is 3.39. The van der Waals surface area contributed by atoms with E-state index < -0.39 is 17.5 Å². The number of aryl methyl sites for hydroxylation is 1. The monoisotopic (exact) mass is 169 g/mol. The quantitative estimate of drug-likeness (QED) is 0.693. The Hall–Kier alpha value is -1.45. The fourth-order valence-electron chi connectivity index (χ4n) is 0.815. The number of hydrogen-bond acceptors (Lipinski definition) is 2. The van der Waals surface area contributed by atoms with Crippen molar-refractivity contribution >= 4 is 5.97 Å². The van der Waals surface area contributed by atoms with Gasteiger partial charge in [-0.3, -0.25) is 0 Å². The maximum atomic E-state index is 13.1. The second-order valence-electron chi connectivity index (χ2n) is 2.53. The maximum absolute atomic E-state index is 13.1. The van der Waals surface area contributed by atoms with Crippen LogP contribution in [0.1, 0.15) is 21.6 Å². The number of rotatable bonds is 1. The van der Waals surface area contributed by atoms with E-state index in [1.54, 1.807) is 6.92 Å². The summed E-state index contributed by atoms with van der Waals surface area (Å²) in [5.74, 6) is -2.09. The molecule has 0 amide bonds. The molecule has 0 saturated carbocycles. The van der Waals surface area contributed by atoms with Gasteiger partial charge in [-0.2, -0.15) is 0 Å². The Morgan fingerprint density at radius 2 is 2.17 bits per heavy atom. The Balaban J connectivity index is 3.36. The van der Waals surface area contributed by atoms with Crippen molar-refractivity contribution in [2.24, 2.45) is 0 Å². The predicted octanol–water partition coefficient (Wildman–Crippen LogP) is 1.54. The number of aromatic nitrogens is 1. The third-order valence-electron chi connectivity index (χ3n) is 1.72. The number of carbonyl (C=O) groups is 1. The lowest BCUT2D eigenvalue weighted by Gasteiger charge is -2.02. The molecule has 1 N–H and O–H groups in total. The molecule has 0 aliphatic carbocycles. The van der Waals surface area contributed by atoms with Crippen LogP contribution in [0.2, 0.25) is 0 Å². The zero-order valence-electron chi connectivity index (χ0n) is 6.76. The number of halogens is 1. The van der Waals surface area contributed by atoms with Crippen LogP contribution >= 0.6 is 0 Å². The van der Waals surface area contributed by atoms with Crippen molar-refractivity contribution in [3.8, 4) is 0 Å². The van der Waals surface area contributed by atoms with Crippen molar-refractivity contribution in [2.75, 3.05) is 0 Å². The summed E-state index contributed by atoms with van der Waals surface area (Å²) in [6.45, 7) is 3.20. The van der Waals surface area contributed by atoms with Crippen LogP contribution < -0.4 is 0 Å². The minimum Gasteiger partial charge on any atom is -0.476 e. The Morgan fingerprint density at radius 1 is 1.58 bits per heavy atom. The molecule has 1 aromatic rings. The van der Waals surface area contributed by atoms with Crippen LogP contribution in [0, 0.1) is 19.7 Å². The van der Waals surface area contributed by atoms with Crippen LogP contribution in [0.5, 0.6) is 0 Å². The average molecular weight is 169 g/mol. The van der Waals surface area contributed by atoms with Gasteiger partial charge in [0.15, 0.2) is 11.5 Å². The lowest BCUT2D eigenvalue weighted by Crippen LogP contribution is -2.06. The van der Waals surface area contributed by atoms with Gasteiger partial charge in [-0.1, -0.05) is 0 Å². The Kier molecular flexibility index (Phi) is 2.08. The Bertz CT molecular complexity index is 336. The highest BCUT2D eigenvalue weighted by molar-refractivity contribution is 5.85. The molecule has 64 valence electrons. The molecule has 0 aromatic carbocycles. The van der Waals surface area contributed by atoms with E-state index in [-0.39, 0.29) is 0 Å². The molecule has 1 rings (SSSR count). The van der Waals surface area contributed by atoms with Crippen LogP contribution in [0.15, 0.2) is 6.20 Å². The molecule has 0 spiro atoms. The number of nitrogens with zero attached hydrogens (tertiary/aromatic N) is 1. The van der Waals surface area contributed by atoms with E-state index >= 15 is 0 Å². The molecule has 0 unspecified atom stereocenters. The standard InChI is InChI=1S/C8H8FNO2/c1-4-3-10-7(8(11)12)6(9)5(4)2/h3H,1-2H3,(H,11,12). The van der Waals surface area contributed by atoms with E-state index in [1.165, 1.54) is 13.1 Å². The van der Waals surface area contributed by atoms with E-state index in [9.17, 15) is 9.18 Å². The van der Waals surface area contributed by atoms with E-state index in [0.29, 0.717) is 11.1 Å². The Labute approximate surface area is 68.9 Å². The van der Waals surface area contributed by atoms with Crippen molar-refractivity contribution in [2.45, 2.75) is 13.8 Å². The van der Waals surface area contributed by atoms with Gasteiger partial charge in [0.2, 0.25) is 0 Å². The second kappa shape index (κ2) is 2.89. The van der Waals surface area contributed by atoms with Gasteiger partial charge in [0.05, 0.1) is 0 Å². The van der Waals surface area contributed by atoms with Gasteiger partial charge < -0.3 is 5.11 Å². The third-order valence-corrected chi connectivity index (χ3v) is 1.72. The molecule has 12 heavy (non-hydrogen) atoms. The van der Waals surface area contributed by atoms with Crippen LogP contribution in [0.4, 0.5) is 4.39 Å². The first-order valence-corrected chi connectivity index (χ1v) is 3.39. The van der Waals surface area contributed by atoms with Gasteiger partial charge in [-0.05, 0) is 25.0 Å². The zero-order chi connectivity index (χ0) is 9.30. The normalized spacial score (nSPS) is 9.92. The lowest BCUT2D eigenvalue weighted by atomic mass is 10.1. The number of carboxylic acid groups (broad SMARTS) is 1. The second-order valence-corrected chi connectivity index (χ2v) is 2.53. The van der Waals surface area contributed by atoms with Crippen molar-refractivity contribution < 1.29 is 14.3 Å². The molecular formula is C8H8FNO2. The smallest absolute Gasteiger partial charge is 0.357 e. The minimum absolute atomic E-state index is 0.336. The Morgan fingerprint density at radius 3 is 2.67 bits per heavy atom. The summed E-state index contributed by atoms with van der Waals surface area (Å²) < 4.78 is 13.1. The first kappa shape index (κ1) is 8.64. The molecule has 0 atom stereocenters. The summed E-state index contributed by atoms with van der Waals surface area (Å²) in [7, 11) is 0. The molecular weight excluding hydrogens is 161 g/mol. The van der Waals surface area contributed by atoms with Crippen LogP contribution in [-0.4, -0.2) is 16.1 Å². The van der Waals surface area contributed by atoms with Crippen molar-refractivity contribution in [3.05, 3.63) is 28.8 Å². The predicted molar refractivity (Wildman–Crippen MR) is 40.6 cm³/mol. The third kappa shape index (κ3) is 1.28. The summed E-state index contributed by atoms with van der Waals surface area (Å²) in [4.78, 5) is 13.8. The average Bonchev–Trinajstić information content (AvgIpc) is 2.00. The van der Waals surface area contributed by atoms with Crippen molar-refractivity contribution in [1.29, 1.82) is 0 Å². The molecule has 3 nitrogen and oxygen atoms in total. The fourth-order valence-corrected chi connectivity index (χ4v) is 0.815. The highest BCUT2D eigenvalue weighted by Crippen LogP contribution is 2.13. The summed E-state index contributed by atoms with van der Waals surface area (Å²) in [5.41, 5.74) is 0.470. The molecule has 0 saturated heterocycles. The molecule has 0 radical (unpaired) electrons. The van der Waals surface area contributed by atoms with E-state index in [0.717, 1.165) is 0 Å². The van der Waals surface area contributed by atoms with Crippen molar-refractivity contribution in [1.82, 2.24) is 4.98 Å². The molecule has 0 bridgehead atoms. The van der Waals surface area contributed by atoms with Gasteiger partial charge in [0.25, 0.3) is 0 Å². The number of aromatic carboxylic acids is 1. The highest BCUT2D eigenvalue weighted by Gasteiger charge is 2.14. The van der Waals surface area contributed by atoms with Crippen LogP contribution in [-0.2, 0) is 0 Å². The van der Waals surface area contributed by atoms with Gasteiger partial charge >= 0.3 is 5.97 Å². The SMILES string of the molecule is Cc1cnc(C(=O)O)c(F)c1C. The van der Waals surface area contributed by atoms with Gasteiger partial charge in [-0.15, -0.1) is 0 Å². The first-order chi connectivity index (χ1) is 5.54. The highest BCUT2D eigenvalue weighted by atomic mass is 19.1. The minimum atomic E-state index is -1.34. The van der Waals surface area contributed by atoms with Crippen LogP contribution in [0.25, 0.3) is 0 Å². The topological polar surface area (TPSA) is 50.2 Å². The van der Waals surface area contributed by atoms with Gasteiger partial charge in [-0.25, -0.2) is 14.2 Å². The molecule has 1 heterocycles. The lowest BCUT2D eigenvalue weighted by molar-refractivity contribution is 0.0684. The molecule has 4 heteroatoms. The molecule has 0 aliphatic rings.